The maximum atomic E-state index is 8.57. The Kier molecular flexibility index (Phi) is 5.25. The summed E-state index contributed by atoms with van der Waals surface area (Å²) in [5.41, 5.74) is 5.56. The maximum absolute atomic E-state index is 8.57. The Hall–Kier alpha value is -0.420. The van der Waals surface area contributed by atoms with Crippen molar-refractivity contribution < 1.29 is 5.21 Å². The minimum Gasteiger partial charge on any atom is -0.409 e. The zero-order chi connectivity index (χ0) is 11.3. The van der Waals surface area contributed by atoms with Crippen LogP contribution in [-0.4, -0.2) is 46.1 Å². The summed E-state index contributed by atoms with van der Waals surface area (Å²) >= 11 is 2.02. The van der Waals surface area contributed by atoms with Crippen LogP contribution in [0.2, 0.25) is 0 Å². The van der Waals surface area contributed by atoms with Gasteiger partial charge in [-0.05, 0) is 6.42 Å². The fourth-order valence-electron chi connectivity index (χ4n) is 1.99. The number of hydrogen-bond donors (Lipinski definition) is 2. The summed E-state index contributed by atoms with van der Waals surface area (Å²) in [6, 6.07) is 0.421. The number of thioether (sulfide) groups is 1. The smallest absolute Gasteiger partial charge is 0.140 e. The molecule has 0 aromatic heterocycles. The van der Waals surface area contributed by atoms with E-state index >= 15 is 0 Å². The summed E-state index contributed by atoms with van der Waals surface area (Å²) in [4.78, 5) is 2.46. The van der Waals surface area contributed by atoms with E-state index in [4.69, 9.17) is 10.9 Å². The minimum atomic E-state index is 0.340. The Labute approximate surface area is 95.9 Å². The van der Waals surface area contributed by atoms with Gasteiger partial charge >= 0.3 is 0 Å². The molecule has 1 heterocycles. The van der Waals surface area contributed by atoms with Crippen molar-refractivity contribution in [3.05, 3.63) is 0 Å². The van der Waals surface area contributed by atoms with Gasteiger partial charge in [-0.2, -0.15) is 11.8 Å². The van der Waals surface area contributed by atoms with E-state index in [-0.39, 0.29) is 0 Å². The Morgan fingerprint density at radius 2 is 2.47 bits per heavy atom. The molecule has 5 heteroatoms. The number of nitrogens with two attached hydrogens (primary N) is 1. The van der Waals surface area contributed by atoms with Gasteiger partial charge in [0.1, 0.15) is 5.84 Å². The van der Waals surface area contributed by atoms with Crippen LogP contribution in [0.25, 0.3) is 0 Å². The van der Waals surface area contributed by atoms with Gasteiger partial charge in [0.15, 0.2) is 0 Å². The molecule has 0 bridgehead atoms. The Morgan fingerprint density at radius 3 is 3.00 bits per heavy atom. The minimum absolute atomic E-state index is 0.340. The predicted octanol–water partition coefficient (Wildman–Crippen LogP) is 1.34. The number of hydrogen-bond acceptors (Lipinski definition) is 4. The van der Waals surface area contributed by atoms with E-state index in [0.29, 0.717) is 23.5 Å². The molecule has 0 spiro atoms. The molecule has 0 aromatic carbocycles. The summed E-state index contributed by atoms with van der Waals surface area (Å²) in [6.07, 6.45) is 1.72. The molecule has 0 radical (unpaired) electrons. The molecule has 0 saturated carbocycles. The lowest BCUT2D eigenvalue weighted by Crippen LogP contribution is -2.45. The van der Waals surface area contributed by atoms with Crippen LogP contribution < -0.4 is 5.73 Å². The first-order chi connectivity index (χ1) is 7.17. The fourth-order valence-corrected chi connectivity index (χ4v) is 3.03. The first kappa shape index (κ1) is 12.6. The third kappa shape index (κ3) is 3.91. The van der Waals surface area contributed by atoms with Crippen LogP contribution in [0.15, 0.2) is 5.16 Å². The van der Waals surface area contributed by atoms with Gasteiger partial charge in [0, 0.05) is 36.6 Å². The number of nitrogens with zero attached hydrogens (tertiary/aromatic N) is 2. The molecule has 1 aliphatic heterocycles. The highest BCUT2D eigenvalue weighted by molar-refractivity contribution is 7.99. The second-order valence-electron chi connectivity index (χ2n) is 4.03. The monoisotopic (exact) mass is 231 g/mol. The van der Waals surface area contributed by atoms with Gasteiger partial charge in [0.25, 0.3) is 0 Å². The summed E-state index contributed by atoms with van der Waals surface area (Å²) in [5.74, 6) is 1.53. The van der Waals surface area contributed by atoms with Crippen LogP contribution in [0.1, 0.15) is 26.7 Å². The highest BCUT2D eigenvalue weighted by Crippen LogP contribution is 2.21. The highest BCUT2D eigenvalue weighted by Gasteiger charge is 2.23. The molecule has 0 amide bonds. The van der Waals surface area contributed by atoms with Crippen molar-refractivity contribution in [2.24, 2.45) is 10.9 Å². The van der Waals surface area contributed by atoms with Gasteiger partial charge in [-0.25, -0.2) is 0 Å². The molecule has 3 N–H and O–H groups in total. The molecular formula is C10H21N3OS. The van der Waals surface area contributed by atoms with Crippen molar-refractivity contribution in [1.82, 2.24) is 4.90 Å². The van der Waals surface area contributed by atoms with Gasteiger partial charge in [-0.15, -0.1) is 0 Å². The van der Waals surface area contributed by atoms with Gasteiger partial charge in [0.2, 0.25) is 0 Å². The van der Waals surface area contributed by atoms with Crippen molar-refractivity contribution in [2.45, 2.75) is 38.0 Å². The number of rotatable bonds is 4. The molecule has 0 aliphatic carbocycles. The molecule has 4 nitrogen and oxygen atoms in total. The molecular weight excluding hydrogens is 210 g/mol. The van der Waals surface area contributed by atoms with Crippen LogP contribution in [-0.2, 0) is 0 Å². The molecule has 1 aliphatic rings. The number of amidine groups is 1. The second-order valence-corrected chi connectivity index (χ2v) is 5.58. The van der Waals surface area contributed by atoms with Crippen LogP contribution in [0.4, 0.5) is 0 Å². The molecule has 15 heavy (non-hydrogen) atoms. The van der Waals surface area contributed by atoms with Crippen LogP contribution >= 0.6 is 11.8 Å². The Bertz CT molecular complexity index is 223. The van der Waals surface area contributed by atoms with Crippen molar-refractivity contribution >= 4 is 17.6 Å². The van der Waals surface area contributed by atoms with Crippen LogP contribution in [0.5, 0.6) is 0 Å². The van der Waals surface area contributed by atoms with Crippen LogP contribution in [0.3, 0.4) is 0 Å². The standard InChI is InChI=1S/C10H21N3OS/c1-3-9(6-10(11)12-14)13-4-5-15-8(2)7-13/h8-9,14H,3-7H2,1-2H3,(H2,11,12). The van der Waals surface area contributed by atoms with E-state index in [2.05, 4.69) is 23.9 Å². The molecule has 1 saturated heterocycles. The third-order valence-electron chi connectivity index (χ3n) is 2.83. The van der Waals surface area contributed by atoms with Gasteiger partial charge in [-0.3, -0.25) is 4.90 Å². The molecule has 2 atom stereocenters. The normalized spacial score (nSPS) is 26.5. The average Bonchev–Trinajstić information content (AvgIpc) is 2.25. The lowest BCUT2D eigenvalue weighted by atomic mass is 10.1. The van der Waals surface area contributed by atoms with Gasteiger partial charge in [0.05, 0.1) is 0 Å². The Morgan fingerprint density at radius 1 is 1.73 bits per heavy atom. The second kappa shape index (κ2) is 6.23. The predicted molar refractivity (Wildman–Crippen MR) is 65.6 cm³/mol. The third-order valence-corrected chi connectivity index (χ3v) is 3.97. The SMILES string of the molecule is CCC(CC(N)=NO)N1CCSC(C)C1. The van der Waals surface area contributed by atoms with E-state index < -0.39 is 0 Å². The summed E-state index contributed by atoms with van der Waals surface area (Å²) < 4.78 is 0. The summed E-state index contributed by atoms with van der Waals surface area (Å²) in [5, 5.41) is 12.3. The van der Waals surface area contributed by atoms with Crippen LogP contribution in [0, 0.1) is 0 Å². The molecule has 88 valence electrons. The van der Waals surface area contributed by atoms with Crippen molar-refractivity contribution in [2.75, 3.05) is 18.8 Å². The van der Waals surface area contributed by atoms with E-state index in [1.807, 2.05) is 11.8 Å². The van der Waals surface area contributed by atoms with Crippen molar-refractivity contribution in [1.29, 1.82) is 0 Å². The van der Waals surface area contributed by atoms with Crippen molar-refractivity contribution in [3.8, 4) is 0 Å². The highest BCUT2D eigenvalue weighted by atomic mass is 32.2. The largest absolute Gasteiger partial charge is 0.409 e. The molecule has 1 rings (SSSR count). The lowest BCUT2D eigenvalue weighted by Gasteiger charge is -2.36. The zero-order valence-electron chi connectivity index (χ0n) is 9.52. The summed E-state index contributed by atoms with van der Waals surface area (Å²) in [7, 11) is 0. The Balaban J connectivity index is 2.49. The van der Waals surface area contributed by atoms with Crippen molar-refractivity contribution in [3.63, 3.8) is 0 Å². The zero-order valence-corrected chi connectivity index (χ0v) is 10.3. The van der Waals surface area contributed by atoms with E-state index in [1.54, 1.807) is 0 Å². The fraction of sp³-hybridized carbons (Fsp3) is 0.900. The molecule has 0 aromatic rings. The lowest BCUT2D eigenvalue weighted by molar-refractivity contribution is 0.202. The number of oxime groups is 1. The summed E-state index contributed by atoms with van der Waals surface area (Å²) in [6.45, 7) is 6.64. The maximum Gasteiger partial charge on any atom is 0.140 e. The van der Waals surface area contributed by atoms with E-state index in [9.17, 15) is 0 Å². The van der Waals surface area contributed by atoms with Gasteiger partial charge < -0.3 is 10.9 Å². The van der Waals surface area contributed by atoms with Gasteiger partial charge in [-0.1, -0.05) is 19.0 Å². The van der Waals surface area contributed by atoms with E-state index in [1.165, 1.54) is 5.75 Å². The topological polar surface area (TPSA) is 61.9 Å². The van der Waals surface area contributed by atoms with E-state index in [0.717, 1.165) is 19.5 Å². The molecule has 1 fully saturated rings. The quantitative estimate of drug-likeness (QED) is 0.332. The first-order valence-electron chi connectivity index (χ1n) is 5.49. The average molecular weight is 231 g/mol. The first-order valence-corrected chi connectivity index (χ1v) is 6.54. The molecule has 2 unspecified atom stereocenters.